The molecule has 0 spiro atoms. The smallest absolute Gasteiger partial charge is 0.168 e. The third-order valence-electron chi connectivity index (χ3n) is 2.45. The van der Waals surface area contributed by atoms with Crippen molar-refractivity contribution >= 4 is 5.78 Å². The van der Waals surface area contributed by atoms with Crippen LogP contribution in [-0.2, 0) is 0 Å². The number of aromatic nitrogens is 1. The topological polar surface area (TPSA) is 44.9 Å². The number of Topliss-reactive ketones (excluding diaryl/α,β-unsaturated/α-hetero) is 1. The van der Waals surface area contributed by atoms with E-state index in [9.17, 15) is 4.79 Å². The van der Waals surface area contributed by atoms with E-state index in [4.69, 9.17) is 0 Å². The summed E-state index contributed by atoms with van der Waals surface area (Å²) in [6.07, 6.45) is 3.54. The van der Waals surface area contributed by atoms with Crippen molar-refractivity contribution in [3.8, 4) is 0 Å². The summed E-state index contributed by atoms with van der Waals surface area (Å²) in [6.45, 7) is 4.89. The minimum atomic E-state index is 0.0656. The Hall–Kier alpha value is -1.09. The Morgan fingerprint density at radius 1 is 1.57 bits per heavy atom. The summed E-state index contributed by atoms with van der Waals surface area (Å²) in [7, 11) is 1.87. The highest BCUT2D eigenvalue weighted by atomic mass is 16.1. The zero-order valence-electron chi connectivity index (χ0n) is 9.00. The van der Waals surface area contributed by atoms with E-state index in [1.54, 1.807) is 12.4 Å². The number of nitrogens with one attached hydrogen (secondary N) is 2. The van der Waals surface area contributed by atoms with Crippen LogP contribution < -0.4 is 5.32 Å². The van der Waals surface area contributed by atoms with Crippen molar-refractivity contribution < 1.29 is 4.79 Å². The molecule has 78 valence electrons. The van der Waals surface area contributed by atoms with Crippen molar-refractivity contribution in [3.05, 3.63) is 24.0 Å². The molecule has 3 nitrogen and oxygen atoms in total. The summed E-state index contributed by atoms with van der Waals surface area (Å²) in [5.74, 6) is 0.649. The second-order valence-corrected chi connectivity index (χ2v) is 3.87. The van der Waals surface area contributed by atoms with Crippen LogP contribution in [0.4, 0.5) is 0 Å². The molecule has 0 fully saturated rings. The molecule has 1 rings (SSSR count). The van der Waals surface area contributed by atoms with Crippen LogP contribution in [0.25, 0.3) is 0 Å². The molecule has 0 amide bonds. The predicted molar refractivity (Wildman–Crippen MR) is 57.4 cm³/mol. The molecule has 0 radical (unpaired) electrons. The van der Waals surface area contributed by atoms with Crippen LogP contribution in [0.2, 0.25) is 0 Å². The molecule has 0 aliphatic rings. The van der Waals surface area contributed by atoms with E-state index < -0.39 is 0 Å². The normalized spacial score (nSPS) is 13.1. The van der Waals surface area contributed by atoms with Gasteiger partial charge in [0.1, 0.15) is 0 Å². The molecule has 1 heterocycles. The lowest BCUT2D eigenvalue weighted by molar-refractivity contribution is 0.0886. The van der Waals surface area contributed by atoms with Crippen molar-refractivity contribution in [1.29, 1.82) is 0 Å². The maximum Gasteiger partial charge on any atom is 0.168 e. The number of hydrogen-bond donors (Lipinski definition) is 2. The van der Waals surface area contributed by atoms with Crippen LogP contribution in [-0.4, -0.2) is 24.4 Å². The van der Waals surface area contributed by atoms with Gasteiger partial charge < -0.3 is 10.3 Å². The first-order chi connectivity index (χ1) is 6.66. The molecule has 0 saturated carbocycles. The van der Waals surface area contributed by atoms with Gasteiger partial charge in [-0.15, -0.1) is 0 Å². The van der Waals surface area contributed by atoms with Crippen molar-refractivity contribution in [2.45, 2.75) is 13.8 Å². The van der Waals surface area contributed by atoms with Crippen molar-refractivity contribution in [2.24, 2.45) is 11.8 Å². The second kappa shape index (κ2) is 4.96. The molecule has 1 atom stereocenters. The standard InChI is InChI=1S/C11H18N2O/c1-8(2)10(7-12-3)11(14)9-4-5-13-6-9/h4-6,8,10,12-13H,7H2,1-3H3. The Labute approximate surface area is 84.9 Å². The largest absolute Gasteiger partial charge is 0.367 e. The lowest BCUT2D eigenvalue weighted by Gasteiger charge is -2.18. The van der Waals surface area contributed by atoms with E-state index in [1.807, 2.05) is 13.1 Å². The van der Waals surface area contributed by atoms with Gasteiger partial charge in [0.2, 0.25) is 0 Å². The highest BCUT2D eigenvalue weighted by Gasteiger charge is 2.22. The molecular weight excluding hydrogens is 176 g/mol. The molecule has 0 aliphatic heterocycles. The molecule has 0 aromatic carbocycles. The quantitative estimate of drug-likeness (QED) is 0.701. The molecule has 1 aromatic rings. The molecule has 0 aliphatic carbocycles. The van der Waals surface area contributed by atoms with Gasteiger partial charge in [-0.2, -0.15) is 0 Å². The lowest BCUT2D eigenvalue weighted by atomic mass is 9.89. The Morgan fingerprint density at radius 3 is 2.71 bits per heavy atom. The molecule has 3 heteroatoms. The minimum Gasteiger partial charge on any atom is -0.367 e. The van der Waals surface area contributed by atoms with Crippen LogP contribution in [0.5, 0.6) is 0 Å². The van der Waals surface area contributed by atoms with Crippen LogP contribution in [0, 0.1) is 11.8 Å². The first-order valence-electron chi connectivity index (χ1n) is 4.98. The van der Waals surface area contributed by atoms with Gasteiger partial charge in [0.15, 0.2) is 5.78 Å². The van der Waals surface area contributed by atoms with Gasteiger partial charge >= 0.3 is 0 Å². The molecule has 0 saturated heterocycles. The van der Waals surface area contributed by atoms with Gasteiger partial charge in [-0.1, -0.05) is 13.8 Å². The minimum absolute atomic E-state index is 0.0656. The van der Waals surface area contributed by atoms with Crippen molar-refractivity contribution in [1.82, 2.24) is 10.3 Å². The molecular formula is C11H18N2O. The van der Waals surface area contributed by atoms with E-state index in [-0.39, 0.29) is 11.7 Å². The number of ketones is 1. The Bertz CT molecular complexity index is 277. The Morgan fingerprint density at radius 2 is 2.29 bits per heavy atom. The van der Waals surface area contributed by atoms with Crippen LogP contribution in [0.1, 0.15) is 24.2 Å². The van der Waals surface area contributed by atoms with Crippen LogP contribution >= 0.6 is 0 Å². The molecule has 1 aromatic heterocycles. The summed E-state index contributed by atoms with van der Waals surface area (Å²) in [5.41, 5.74) is 0.777. The fourth-order valence-electron chi connectivity index (χ4n) is 1.54. The number of rotatable bonds is 5. The average Bonchev–Trinajstić information content (AvgIpc) is 2.65. The first-order valence-corrected chi connectivity index (χ1v) is 4.98. The monoisotopic (exact) mass is 194 g/mol. The van der Waals surface area contributed by atoms with Gasteiger partial charge in [0.05, 0.1) is 0 Å². The summed E-state index contributed by atoms with van der Waals surface area (Å²) >= 11 is 0. The van der Waals surface area contributed by atoms with Crippen molar-refractivity contribution in [3.63, 3.8) is 0 Å². The average molecular weight is 194 g/mol. The molecule has 2 N–H and O–H groups in total. The van der Waals surface area contributed by atoms with E-state index in [0.29, 0.717) is 5.92 Å². The van der Waals surface area contributed by atoms with Gasteiger partial charge in [-0.25, -0.2) is 0 Å². The van der Waals surface area contributed by atoms with Crippen LogP contribution in [0.15, 0.2) is 18.5 Å². The van der Waals surface area contributed by atoms with Crippen molar-refractivity contribution in [2.75, 3.05) is 13.6 Å². The number of carbonyl (C=O) groups is 1. The number of hydrogen-bond acceptors (Lipinski definition) is 2. The van der Waals surface area contributed by atoms with E-state index >= 15 is 0 Å². The Kier molecular flexibility index (Phi) is 3.89. The maximum absolute atomic E-state index is 12.0. The molecule has 14 heavy (non-hydrogen) atoms. The zero-order valence-corrected chi connectivity index (χ0v) is 9.00. The van der Waals surface area contributed by atoms with Gasteiger partial charge in [0, 0.05) is 30.4 Å². The van der Waals surface area contributed by atoms with E-state index in [1.165, 1.54) is 0 Å². The first kappa shape index (κ1) is 11.0. The molecule has 0 bridgehead atoms. The summed E-state index contributed by atoms with van der Waals surface area (Å²) in [5, 5.41) is 3.06. The van der Waals surface area contributed by atoms with Gasteiger partial charge in [-0.3, -0.25) is 4.79 Å². The SMILES string of the molecule is CNCC(C(=O)c1cc[nH]c1)C(C)C. The van der Waals surface area contributed by atoms with Crippen LogP contribution in [0.3, 0.4) is 0 Å². The third kappa shape index (κ3) is 2.45. The maximum atomic E-state index is 12.0. The summed E-state index contributed by atoms with van der Waals surface area (Å²) in [6, 6.07) is 1.83. The third-order valence-corrected chi connectivity index (χ3v) is 2.45. The van der Waals surface area contributed by atoms with E-state index in [2.05, 4.69) is 24.1 Å². The molecule has 1 unspecified atom stereocenters. The fourth-order valence-corrected chi connectivity index (χ4v) is 1.54. The van der Waals surface area contributed by atoms with Gasteiger partial charge in [0.25, 0.3) is 0 Å². The lowest BCUT2D eigenvalue weighted by Crippen LogP contribution is -2.30. The fraction of sp³-hybridized carbons (Fsp3) is 0.545. The second-order valence-electron chi connectivity index (χ2n) is 3.87. The number of aromatic amines is 1. The summed E-state index contributed by atoms with van der Waals surface area (Å²) < 4.78 is 0. The Balaban J connectivity index is 2.74. The predicted octanol–water partition coefficient (Wildman–Crippen LogP) is 1.69. The summed E-state index contributed by atoms with van der Waals surface area (Å²) in [4.78, 5) is 14.9. The zero-order chi connectivity index (χ0) is 10.6. The van der Waals surface area contributed by atoms with E-state index in [0.717, 1.165) is 12.1 Å². The highest BCUT2D eigenvalue weighted by molar-refractivity contribution is 5.97. The number of H-pyrrole nitrogens is 1. The number of carbonyl (C=O) groups excluding carboxylic acids is 1. The van der Waals surface area contributed by atoms with Gasteiger partial charge in [-0.05, 0) is 19.0 Å². The highest BCUT2D eigenvalue weighted by Crippen LogP contribution is 2.16.